The number of nitrogens with two attached hydrogens (primary N) is 1. The van der Waals surface area contributed by atoms with Crippen LogP contribution in [0, 0.1) is 17.2 Å². The molecular weight excluding hydrogens is 234 g/mol. The quantitative estimate of drug-likeness (QED) is 0.817. The van der Waals surface area contributed by atoms with Crippen molar-refractivity contribution in [3.8, 4) is 6.07 Å². The normalized spacial score (nSPS) is 17.5. The molecule has 1 saturated carbocycles. The summed E-state index contributed by atoms with van der Waals surface area (Å²) in [6.45, 7) is 3.79. The lowest BCUT2D eigenvalue weighted by Crippen LogP contribution is -2.51. The monoisotopic (exact) mass is 257 g/mol. The lowest BCUT2D eigenvalue weighted by atomic mass is 9.95. The second kappa shape index (κ2) is 6.08. The minimum atomic E-state index is -0.691. The molecule has 0 aromatic heterocycles. The summed E-state index contributed by atoms with van der Waals surface area (Å²) < 4.78 is 0. The van der Waals surface area contributed by atoms with E-state index in [1.165, 1.54) is 5.69 Å². The van der Waals surface area contributed by atoms with Crippen molar-refractivity contribution in [3.05, 3.63) is 30.3 Å². The Morgan fingerprint density at radius 2 is 2.05 bits per heavy atom. The van der Waals surface area contributed by atoms with Crippen LogP contribution in [0.2, 0.25) is 0 Å². The van der Waals surface area contributed by atoms with E-state index in [1.54, 1.807) is 0 Å². The van der Waals surface area contributed by atoms with Crippen LogP contribution in [0.15, 0.2) is 30.3 Å². The van der Waals surface area contributed by atoms with Gasteiger partial charge in [0.25, 0.3) is 0 Å². The molecule has 0 radical (unpaired) electrons. The number of nitriles is 1. The Bertz CT molecular complexity index is 433. The number of hydrogen-bond donors (Lipinski definition) is 1. The lowest BCUT2D eigenvalue weighted by molar-refractivity contribution is 0.464. The topological polar surface area (TPSA) is 53.0 Å². The first-order valence-electron chi connectivity index (χ1n) is 7.19. The molecule has 0 spiro atoms. The summed E-state index contributed by atoms with van der Waals surface area (Å²) in [6, 6.07) is 12.6. The van der Waals surface area contributed by atoms with Gasteiger partial charge >= 0.3 is 0 Å². The van der Waals surface area contributed by atoms with E-state index in [0.29, 0.717) is 12.5 Å². The minimum Gasteiger partial charge on any atom is -0.369 e. The van der Waals surface area contributed by atoms with Gasteiger partial charge in [0.15, 0.2) is 0 Å². The maximum Gasteiger partial charge on any atom is 0.124 e. The van der Waals surface area contributed by atoms with Crippen molar-refractivity contribution < 1.29 is 0 Å². The molecule has 1 aromatic rings. The van der Waals surface area contributed by atoms with Gasteiger partial charge < -0.3 is 10.6 Å². The van der Waals surface area contributed by atoms with Crippen molar-refractivity contribution >= 4 is 5.69 Å². The van der Waals surface area contributed by atoms with Gasteiger partial charge in [-0.2, -0.15) is 5.26 Å². The fourth-order valence-corrected chi connectivity index (χ4v) is 2.46. The molecular formula is C16H23N3. The number of rotatable bonds is 7. The molecule has 0 saturated heterocycles. The molecule has 1 aliphatic carbocycles. The average Bonchev–Trinajstić information content (AvgIpc) is 3.29. The van der Waals surface area contributed by atoms with Crippen molar-refractivity contribution in [2.45, 2.75) is 38.1 Å². The Morgan fingerprint density at radius 1 is 1.37 bits per heavy atom. The third-order valence-corrected chi connectivity index (χ3v) is 3.87. The number of para-hydroxylation sites is 1. The molecule has 0 heterocycles. The summed E-state index contributed by atoms with van der Waals surface area (Å²) in [7, 11) is 0. The van der Waals surface area contributed by atoms with E-state index in [1.807, 2.05) is 18.2 Å². The Morgan fingerprint density at radius 3 is 2.58 bits per heavy atom. The SMILES string of the molecule is CCCCN(CC(N)(C#N)C1CC1)c1ccccc1. The molecule has 2 rings (SSSR count). The van der Waals surface area contributed by atoms with Gasteiger partial charge in [0.05, 0.1) is 6.07 Å². The zero-order chi connectivity index (χ0) is 13.7. The fourth-order valence-electron chi connectivity index (χ4n) is 2.46. The third kappa shape index (κ3) is 3.48. The van der Waals surface area contributed by atoms with Gasteiger partial charge in [-0.3, -0.25) is 0 Å². The maximum atomic E-state index is 9.42. The van der Waals surface area contributed by atoms with Gasteiger partial charge in [-0.15, -0.1) is 0 Å². The lowest BCUT2D eigenvalue weighted by Gasteiger charge is -2.32. The van der Waals surface area contributed by atoms with Gasteiger partial charge in [0, 0.05) is 18.8 Å². The van der Waals surface area contributed by atoms with Crippen LogP contribution in [0.5, 0.6) is 0 Å². The standard InChI is InChI=1S/C16H23N3/c1-2-3-11-19(15-7-5-4-6-8-15)13-16(18,12-17)14-9-10-14/h4-8,14H,2-3,9-11,13,18H2,1H3. The van der Waals surface area contributed by atoms with E-state index >= 15 is 0 Å². The van der Waals surface area contributed by atoms with Gasteiger partial charge in [0.1, 0.15) is 5.54 Å². The summed E-state index contributed by atoms with van der Waals surface area (Å²) >= 11 is 0. The number of benzene rings is 1. The van der Waals surface area contributed by atoms with Crippen molar-refractivity contribution in [1.82, 2.24) is 0 Å². The number of anilines is 1. The largest absolute Gasteiger partial charge is 0.369 e. The van der Waals surface area contributed by atoms with Crippen LogP contribution in [0.3, 0.4) is 0 Å². The summed E-state index contributed by atoms with van der Waals surface area (Å²) in [5, 5.41) is 9.42. The maximum absolute atomic E-state index is 9.42. The summed E-state index contributed by atoms with van der Waals surface area (Å²) in [4.78, 5) is 2.27. The third-order valence-electron chi connectivity index (χ3n) is 3.87. The molecule has 1 aliphatic rings. The van der Waals surface area contributed by atoms with Gasteiger partial charge in [-0.05, 0) is 37.3 Å². The molecule has 0 bridgehead atoms. The molecule has 1 atom stereocenters. The van der Waals surface area contributed by atoms with Crippen LogP contribution in [-0.4, -0.2) is 18.6 Å². The van der Waals surface area contributed by atoms with E-state index < -0.39 is 5.54 Å². The van der Waals surface area contributed by atoms with Crippen LogP contribution < -0.4 is 10.6 Å². The first-order valence-corrected chi connectivity index (χ1v) is 7.19. The Balaban J connectivity index is 2.12. The van der Waals surface area contributed by atoms with Crippen molar-refractivity contribution in [3.63, 3.8) is 0 Å². The van der Waals surface area contributed by atoms with E-state index in [0.717, 1.165) is 32.2 Å². The van der Waals surface area contributed by atoms with Crippen LogP contribution >= 0.6 is 0 Å². The van der Waals surface area contributed by atoms with E-state index in [-0.39, 0.29) is 0 Å². The van der Waals surface area contributed by atoms with Crippen molar-refractivity contribution in [1.29, 1.82) is 5.26 Å². The highest BCUT2D eigenvalue weighted by molar-refractivity contribution is 5.47. The highest BCUT2D eigenvalue weighted by Gasteiger charge is 2.43. The van der Waals surface area contributed by atoms with Crippen LogP contribution in [0.1, 0.15) is 32.6 Å². The molecule has 3 nitrogen and oxygen atoms in total. The summed E-state index contributed by atoms with van der Waals surface area (Å²) in [5.41, 5.74) is 6.79. The molecule has 3 heteroatoms. The van der Waals surface area contributed by atoms with Crippen LogP contribution in [-0.2, 0) is 0 Å². The molecule has 0 aliphatic heterocycles. The predicted octanol–water partition coefficient (Wildman–Crippen LogP) is 2.92. The number of unbranched alkanes of at least 4 members (excludes halogenated alkanes) is 1. The average molecular weight is 257 g/mol. The Kier molecular flexibility index (Phi) is 4.44. The highest BCUT2D eigenvalue weighted by atomic mass is 15.2. The van der Waals surface area contributed by atoms with Crippen molar-refractivity contribution in [2.75, 3.05) is 18.0 Å². The zero-order valence-electron chi connectivity index (χ0n) is 11.7. The minimum absolute atomic E-state index is 0.380. The van der Waals surface area contributed by atoms with Gasteiger partial charge in [-0.25, -0.2) is 0 Å². The molecule has 0 amide bonds. The molecule has 1 aromatic carbocycles. The summed E-state index contributed by atoms with van der Waals surface area (Å²) in [5.74, 6) is 0.380. The predicted molar refractivity (Wildman–Crippen MR) is 78.8 cm³/mol. The zero-order valence-corrected chi connectivity index (χ0v) is 11.7. The van der Waals surface area contributed by atoms with Gasteiger partial charge in [0.2, 0.25) is 0 Å². The molecule has 1 fully saturated rings. The number of nitrogens with zero attached hydrogens (tertiary/aromatic N) is 2. The summed E-state index contributed by atoms with van der Waals surface area (Å²) in [6.07, 6.45) is 4.47. The van der Waals surface area contributed by atoms with E-state index in [4.69, 9.17) is 5.73 Å². The second-order valence-corrected chi connectivity index (χ2v) is 5.54. The number of hydrogen-bond acceptors (Lipinski definition) is 3. The Labute approximate surface area is 116 Å². The van der Waals surface area contributed by atoms with Crippen LogP contribution in [0.25, 0.3) is 0 Å². The molecule has 19 heavy (non-hydrogen) atoms. The smallest absolute Gasteiger partial charge is 0.124 e. The van der Waals surface area contributed by atoms with E-state index in [9.17, 15) is 5.26 Å². The molecule has 2 N–H and O–H groups in total. The second-order valence-electron chi connectivity index (χ2n) is 5.54. The van der Waals surface area contributed by atoms with Crippen LogP contribution in [0.4, 0.5) is 5.69 Å². The molecule has 102 valence electrons. The first-order chi connectivity index (χ1) is 9.19. The van der Waals surface area contributed by atoms with E-state index in [2.05, 4.69) is 30.0 Å². The highest BCUT2D eigenvalue weighted by Crippen LogP contribution is 2.38. The fraction of sp³-hybridized carbons (Fsp3) is 0.562. The Hall–Kier alpha value is -1.53. The van der Waals surface area contributed by atoms with Crippen molar-refractivity contribution in [2.24, 2.45) is 11.7 Å². The first kappa shape index (κ1) is 13.9. The molecule has 1 unspecified atom stereocenters. The van der Waals surface area contributed by atoms with Gasteiger partial charge in [-0.1, -0.05) is 31.5 Å².